The highest BCUT2D eigenvalue weighted by molar-refractivity contribution is 8.03. The number of anilines is 1. The molecule has 1 heterocycles. The van der Waals surface area contributed by atoms with Crippen molar-refractivity contribution in [1.82, 2.24) is 0 Å². The number of hydrogen-bond donors (Lipinski definition) is 0. The van der Waals surface area contributed by atoms with Gasteiger partial charge in [0, 0.05) is 23.7 Å². The van der Waals surface area contributed by atoms with Crippen LogP contribution in [0.25, 0.3) is 0 Å². The number of morpholine rings is 1. The Balaban J connectivity index is 2.13. The van der Waals surface area contributed by atoms with Gasteiger partial charge in [-0.05, 0) is 30.0 Å². The third-order valence-electron chi connectivity index (χ3n) is 2.36. The average molecular weight is 220 g/mol. The molecular formula is C11H12N2OS. The molecule has 0 amide bonds. The molecule has 1 aromatic rings. The minimum Gasteiger partial charge on any atom is -0.378 e. The molecule has 1 aliphatic rings. The number of ether oxygens (including phenoxy) is 1. The summed E-state index contributed by atoms with van der Waals surface area (Å²) >= 11 is 1.20. The number of benzene rings is 1. The molecule has 0 saturated carbocycles. The van der Waals surface area contributed by atoms with Crippen LogP contribution >= 0.6 is 11.8 Å². The van der Waals surface area contributed by atoms with Crippen LogP contribution < -0.4 is 4.90 Å². The van der Waals surface area contributed by atoms with Crippen LogP contribution in [-0.2, 0) is 4.74 Å². The molecule has 1 aliphatic heterocycles. The Hall–Kier alpha value is -1.18. The summed E-state index contributed by atoms with van der Waals surface area (Å²) < 4.78 is 5.30. The van der Waals surface area contributed by atoms with Gasteiger partial charge in [0.05, 0.1) is 13.2 Å². The van der Waals surface area contributed by atoms with Gasteiger partial charge >= 0.3 is 0 Å². The first-order chi connectivity index (χ1) is 7.40. The highest BCUT2D eigenvalue weighted by atomic mass is 32.2. The first-order valence-electron chi connectivity index (χ1n) is 4.89. The fourth-order valence-corrected chi connectivity index (χ4v) is 2.05. The second-order valence-corrected chi connectivity index (χ2v) is 4.15. The molecule has 0 bridgehead atoms. The summed E-state index contributed by atoms with van der Waals surface area (Å²) in [5, 5.41) is 10.7. The Bertz CT molecular complexity index is 369. The summed E-state index contributed by atoms with van der Waals surface area (Å²) in [5.74, 6) is 0. The van der Waals surface area contributed by atoms with Gasteiger partial charge in [0.1, 0.15) is 5.40 Å². The predicted molar refractivity (Wildman–Crippen MR) is 60.9 cm³/mol. The van der Waals surface area contributed by atoms with Crippen molar-refractivity contribution in [1.29, 1.82) is 5.26 Å². The van der Waals surface area contributed by atoms with E-state index in [9.17, 15) is 0 Å². The van der Waals surface area contributed by atoms with Crippen molar-refractivity contribution in [3.05, 3.63) is 24.3 Å². The van der Waals surface area contributed by atoms with Crippen molar-refractivity contribution in [2.45, 2.75) is 4.90 Å². The van der Waals surface area contributed by atoms with Gasteiger partial charge in [-0.25, -0.2) is 0 Å². The maximum atomic E-state index is 8.60. The molecule has 1 saturated heterocycles. The van der Waals surface area contributed by atoms with Gasteiger partial charge in [0.2, 0.25) is 0 Å². The fourth-order valence-electron chi connectivity index (χ4n) is 1.62. The van der Waals surface area contributed by atoms with E-state index in [-0.39, 0.29) is 0 Å². The van der Waals surface area contributed by atoms with Crippen molar-refractivity contribution in [2.24, 2.45) is 0 Å². The number of thioether (sulfide) groups is 1. The van der Waals surface area contributed by atoms with Gasteiger partial charge in [0.25, 0.3) is 0 Å². The van der Waals surface area contributed by atoms with Gasteiger partial charge in [-0.1, -0.05) is 6.07 Å². The molecule has 0 atom stereocenters. The lowest BCUT2D eigenvalue weighted by Gasteiger charge is -2.28. The second-order valence-electron chi connectivity index (χ2n) is 3.29. The lowest BCUT2D eigenvalue weighted by atomic mass is 10.2. The van der Waals surface area contributed by atoms with E-state index in [1.165, 1.54) is 17.4 Å². The van der Waals surface area contributed by atoms with Crippen molar-refractivity contribution < 1.29 is 4.74 Å². The number of thiocyanates is 1. The Labute approximate surface area is 93.6 Å². The van der Waals surface area contributed by atoms with Crippen LogP contribution in [0.3, 0.4) is 0 Å². The first kappa shape index (κ1) is 10.3. The smallest absolute Gasteiger partial charge is 0.138 e. The van der Waals surface area contributed by atoms with Crippen LogP contribution in [0.4, 0.5) is 5.69 Å². The molecule has 0 aromatic heterocycles. The van der Waals surface area contributed by atoms with E-state index in [1.807, 2.05) is 12.1 Å². The topological polar surface area (TPSA) is 36.3 Å². The van der Waals surface area contributed by atoms with Crippen LogP contribution in [0.5, 0.6) is 0 Å². The van der Waals surface area contributed by atoms with E-state index in [4.69, 9.17) is 10.00 Å². The van der Waals surface area contributed by atoms with E-state index >= 15 is 0 Å². The van der Waals surface area contributed by atoms with Crippen molar-refractivity contribution in [2.75, 3.05) is 31.2 Å². The number of nitriles is 1. The van der Waals surface area contributed by atoms with Crippen LogP contribution in [0.2, 0.25) is 0 Å². The molecule has 0 N–H and O–H groups in total. The van der Waals surface area contributed by atoms with Gasteiger partial charge in [0.15, 0.2) is 0 Å². The number of nitrogens with zero attached hydrogens (tertiary/aromatic N) is 2. The maximum Gasteiger partial charge on any atom is 0.138 e. The Kier molecular flexibility index (Phi) is 3.49. The zero-order valence-electron chi connectivity index (χ0n) is 8.35. The van der Waals surface area contributed by atoms with Crippen LogP contribution in [0, 0.1) is 10.7 Å². The summed E-state index contributed by atoms with van der Waals surface area (Å²) in [6.45, 7) is 3.44. The standard InChI is InChI=1S/C11H12N2OS/c12-9-15-11-3-1-2-10(8-11)13-4-6-14-7-5-13/h1-3,8H,4-7H2. The van der Waals surface area contributed by atoms with Gasteiger partial charge in [-0.2, -0.15) is 5.26 Å². The summed E-state index contributed by atoms with van der Waals surface area (Å²) in [6, 6.07) is 8.08. The Morgan fingerprint density at radius 2 is 2.13 bits per heavy atom. The maximum absolute atomic E-state index is 8.60. The van der Waals surface area contributed by atoms with Gasteiger partial charge in [-0.15, -0.1) is 0 Å². The molecule has 1 aromatic carbocycles. The summed E-state index contributed by atoms with van der Waals surface area (Å²) in [6.07, 6.45) is 0. The average Bonchev–Trinajstić information content (AvgIpc) is 2.31. The van der Waals surface area contributed by atoms with E-state index < -0.39 is 0 Å². The van der Waals surface area contributed by atoms with E-state index in [0.29, 0.717) is 0 Å². The second kappa shape index (κ2) is 5.06. The molecule has 0 spiro atoms. The quantitative estimate of drug-likeness (QED) is 0.565. The Morgan fingerprint density at radius 1 is 1.33 bits per heavy atom. The lowest BCUT2D eigenvalue weighted by Crippen LogP contribution is -2.36. The monoisotopic (exact) mass is 220 g/mol. The van der Waals surface area contributed by atoms with Crippen molar-refractivity contribution in [3.63, 3.8) is 0 Å². The van der Waals surface area contributed by atoms with Crippen LogP contribution in [0.1, 0.15) is 0 Å². The minimum absolute atomic E-state index is 0.787. The summed E-state index contributed by atoms with van der Waals surface area (Å²) in [4.78, 5) is 3.28. The predicted octanol–water partition coefficient (Wildman–Crippen LogP) is 2.10. The zero-order chi connectivity index (χ0) is 10.5. The zero-order valence-corrected chi connectivity index (χ0v) is 9.17. The number of rotatable bonds is 2. The minimum atomic E-state index is 0.787. The molecule has 1 fully saturated rings. The highest BCUT2D eigenvalue weighted by Gasteiger charge is 2.11. The van der Waals surface area contributed by atoms with Crippen LogP contribution in [0.15, 0.2) is 29.2 Å². The molecular weight excluding hydrogens is 208 g/mol. The molecule has 0 unspecified atom stereocenters. The molecule has 4 heteroatoms. The normalized spacial score (nSPS) is 16.1. The van der Waals surface area contributed by atoms with E-state index in [0.717, 1.165) is 31.2 Å². The SMILES string of the molecule is N#CSc1cccc(N2CCOCC2)c1. The van der Waals surface area contributed by atoms with Crippen molar-refractivity contribution in [3.8, 4) is 5.40 Å². The summed E-state index contributed by atoms with van der Waals surface area (Å²) in [5.41, 5.74) is 1.18. The Morgan fingerprint density at radius 3 is 2.87 bits per heavy atom. The molecule has 3 nitrogen and oxygen atoms in total. The molecule has 2 rings (SSSR count). The third-order valence-corrected chi connectivity index (χ3v) is 2.94. The molecule has 0 aliphatic carbocycles. The fraction of sp³-hybridized carbons (Fsp3) is 0.364. The largest absolute Gasteiger partial charge is 0.378 e. The molecule has 15 heavy (non-hydrogen) atoms. The van der Waals surface area contributed by atoms with Crippen molar-refractivity contribution >= 4 is 17.4 Å². The molecule has 78 valence electrons. The first-order valence-corrected chi connectivity index (χ1v) is 5.70. The lowest BCUT2D eigenvalue weighted by molar-refractivity contribution is 0.122. The third kappa shape index (κ3) is 2.65. The number of hydrogen-bond acceptors (Lipinski definition) is 4. The van der Waals surface area contributed by atoms with E-state index in [1.54, 1.807) is 0 Å². The highest BCUT2D eigenvalue weighted by Crippen LogP contribution is 2.23. The van der Waals surface area contributed by atoms with E-state index in [2.05, 4.69) is 22.4 Å². The van der Waals surface area contributed by atoms with Gasteiger partial charge < -0.3 is 9.64 Å². The van der Waals surface area contributed by atoms with Crippen LogP contribution in [-0.4, -0.2) is 26.3 Å². The van der Waals surface area contributed by atoms with Gasteiger partial charge in [-0.3, -0.25) is 0 Å². The summed E-state index contributed by atoms with van der Waals surface area (Å²) in [7, 11) is 0. The molecule has 0 radical (unpaired) electrons.